The standard InChI is InChI=1S/C23H37NO2/c1-18(11-7-13-20(3)15-9-17-22(5)25)10-6-12-19(2)14-8-16-21(4)23(24)26/h11-12,15-16H,6-10,13-14,17H2,1-5H3,(H2,24,26). The summed E-state index contributed by atoms with van der Waals surface area (Å²) in [5.41, 5.74) is 10.0. The van der Waals surface area contributed by atoms with E-state index in [0.29, 0.717) is 12.0 Å². The molecule has 3 nitrogen and oxygen atoms in total. The summed E-state index contributed by atoms with van der Waals surface area (Å²) in [5, 5.41) is 0. The number of allylic oxidation sites excluding steroid dienone is 7. The van der Waals surface area contributed by atoms with Crippen LogP contribution in [-0.2, 0) is 9.59 Å². The average molecular weight is 360 g/mol. The largest absolute Gasteiger partial charge is 0.366 e. The highest BCUT2D eigenvalue weighted by molar-refractivity contribution is 5.91. The predicted octanol–water partition coefficient (Wildman–Crippen LogP) is 5.97. The first kappa shape index (κ1) is 24.1. The zero-order valence-electron chi connectivity index (χ0n) is 17.4. The van der Waals surface area contributed by atoms with Crippen molar-refractivity contribution in [1.29, 1.82) is 0 Å². The summed E-state index contributed by atoms with van der Waals surface area (Å²) >= 11 is 0. The third kappa shape index (κ3) is 14.4. The number of nitrogens with two attached hydrogens (primary N) is 1. The van der Waals surface area contributed by atoms with Gasteiger partial charge in [0.05, 0.1) is 0 Å². The van der Waals surface area contributed by atoms with Gasteiger partial charge in [-0.25, -0.2) is 0 Å². The Kier molecular flexibility index (Phi) is 13.2. The van der Waals surface area contributed by atoms with Crippen LogP contribution in [0.4, 0.5) is 0 Å². The molecular formula is C23H37NO2. The second-order valence-electron chi connectivity index (χ2n) is 7.26. The van der Waals surface area contributed by atoms with E-state index in [-0.39, 0.29) is 11.7 Å². The van der Waals surface area contributed by atoms with Crippen molar-refractivity contribution in [1.82, 2.24) is 0 Å². The molecule has 0 aliphatic carbocycles. The second-order valence-corrected chi connectivity index (χ2v) is 7.26. The van der Waals surface area contributed by atoms with Gasteiger partial charge in [-0.1, -0.05) is 41.0 Å². The molecule has 0 spiro atoms. The summed E-state index contributed by atoms with van der Waals surface area (Å²) in [6, 6.07) is 0. The summed E-state index contributed by atoms with van der Waals surface area (Å²) in [4.78, 5) is 21.9. The molecule has 0 aromatic carbocycles. The molecule has 0 aromatic rings. The van der Waals surface area contributed by atoms with Gasteiger partial charge >= 0.3 is 0 Å². The number of carbonyl (C=O) groups excluding carboxylic acids is 2. The van der Waals surface area contributed by atoms with Crippen LogP contribution in [0.5, 0.6) is 0 Å². The van der Waals surface area contributed by atoms with Crippen LogP contribution in [0.2, 0.25) is 0 Å². The Labute approximate surface area is 160 Å². The summed E-state index contributed by atoms with van der Waals surface area (Å²) in [6.45, 7) is 9.88. The Morgan fingerprint density at radius 1 is 0.615 bits per heavy atom. The number of amides is 1. The molecule has 0 aliphatic heterocycles. The van der Waals surface area contributed by atoms with Crippen molar-refractivity contribution >= 4 is 11.7 Å². The summed E-state index contributed by atoms with van der Waals surface area (Å²) < 4.78 is 0. The first-order valence-corrected chi connectivity index (χ1v) is 9.65. The number of carbonyl (C=O) groups is 2. The first-order chi connectivity index (χ1) is 12.2. The molecule has 0 atom stereocenters. The molecule has 0 aliphatic rings. The Morgan fingerprint density at radius 3 is 1.31 bits per heavy atom. The monoisotopic (exact) mass is 359 g/mol. The highest BCUT2D eigenvalue weighted by Crippen LogP contribution is 2.14. The second kappa shape index (κ2) is 14.3. The van der Waals surface area contributed by atoms with Gasteiger partial charge in [0.15, 0.2) is 0 Å². The van der Waals surface area contributed by atoms with E-state index in [1.165, 1.54) is 16.7 Å². The SMILES string of the molecule is CC(=O)CCC=C(C)CCC=C(C)CCC=C(C)CCC=C(C)C(N)=O. The Bertz CT molecular complexity index is 577. The van der Waals surface area contributed by atoms with Crippen LogP contribution in [-0.4, -0.2) is 11.7 Å². The van der Waals surface area contributed by atoms with Gasteiger partial charge in [-0.2, -0.15) is 0 Å². The molecule has 0 fully saturated rings. The fourth-order valence-electron chi connectivity index (χ4n) is 2.54. The lowest BCUT2D eigenvalue weighted by Crippen LogP contribution is -2.11. The number of hydrogen-bond donors (Lipinski definition) is 1. The van der Waals surface area contributed by atoms with Crippen molar-refractivity contribution in [2.75, 3.05) is 0 Å². The van der Waals surface area contributed by atoms with Gasteiger partial charge < -0.3 is 10.5 Å². The van der Waals surface area contributed by atoms with E-state index in [1.807, 2.05) is 6.08 Å². The Morgan fingerprint density at radius 2 is 0.962 bits per heavy atom. The summed E-state index contributed by atoms with van der Waals surface area (Å²) in [7, 11) is 0. The van der Waals surface area contributed by atoms with E-state index in [0.717, 1.165) is 44.9 Å². The lowest BCUT2D eigenvalue weighted by Gasteiger charge is -2.03. The third-order valence-corrected chi connectivity index (χ3v) is 4.43. The van der Waals surface area contributed by atoms with E-state index in [1.54, 1.807) is 13.8 Å². The molecular weight excluding hydrogens is 322 g/mol. The molecule has 0 radical (unpaired) electrons. The summed E-state index contributed by atoms with van der Waals surface area (Å²) in [6.07, 6.45) is 16.3. The van der Waals surface area contributed by atoms with E-state index in [9.17, 15) is 9.59 Å². The van der Waals surface area contributed by atoms with E-state index in [4.69, 9.17) is 5.73 Å². The van der Waals surface area contributed by atoms with Gasteiger partial charge in [-0.3, -0.25) is 4.79 Å². The molecule has 0 heterocycles. The molecule has 2 N–H and O–H groups in total. The van der Waals surface area contributed by atoms with Gasteiger partial charge in [-0.05, 0) is 79.6 Å². The topological polar surface area (TPSA) is 60.2 Å². The Hall–Kier alpha value is -1.90. The minimum Gasteiger partial charge on any atom is -0.366 e. The fourth-order valence-corrected chi connectivity index (χ4v) is 2.54. The van der Waals surface area contributed by atoms with Crippen LogP contribution in [0.25, 0.3) is 0 Å². The third-order valence-electron chi connectivity index (χ3n) is 4.43. The normalized spacial score (nSPS) is 13.9. The quantitative estimate of drug-likeness (QED) is 0.325. The molecule has 0 aromatic heterocycles. The molecule has 3 heteroatoms. The number of primary amides is 1. The first-order valence-electron chi connectivity index (χ1n) is 9.65. The average Bonchev–Trinajstić information content (AvgIpc) is 2.54. The molecule has 0 saturated carbocycles. The van der Waals surface area contributed by atoms with E-state index in [2.05, 4.69) is 39.0 Å². The maximum Gasteiger partial charge on any atom is 0.244 e. The molecule has 0 unspecified atom stereocenters. The molecule has 1 amide bonds. The van der Waals surface area contributed by atoms with Crippen molar-refractivity contribution in [3.63, 3.8) is 0 Å². The van der Waals surface area contributed by atoms with Crippen molar-refractivity contribution in [3.8, 4) is 0 Å². The molecule has 0 rings (SSSR count). The molecule has 0 saturated heterocycles. The highest BCUT2D eigenvalue weighted by Gasteiger charge is 1.97. The lowest BCUT2D eigenvalue weighted by molar-refractivity contribution is -0.117. The highest BCUT2D eigenvalue weighted by atomic mass is 16.1. The van der Waals surface area contributed by atoms with Crippen molar-refractivity contribution < 1.29 is 9.59 Å². The van der Waals surface area contributed by atoms with Crippen LogP contribution in [0, 0.1) is 0 Å². The number of ketones is 1. The number of rotatable bonds is 13. The van der Waals surface area contributed by atoms with Crippen molar-refractivity contribution in [2.45, 2.75) is 86.0 Å². The number of Topliss-reactive ketones (excluding diaryl/α,β-unsaturated/α-hetero) is 1. The molecule has 26 heavy (non-hydrogen) atoms. The summed E-state index contributed by atoms with van der Waals surface area (Å²) in [5.74, 6) is -0.0801. The fraction of sp³-hybridized carbons (Fsp3) is 0.565. The Balaban J connectivity index is 4.07. The van der Waals surface area contributed by atoms with Gasteiger partial charge in [0.1, 0.15) is 5.78 Å². The maximum absolute atomic E-state index is 10.9. The zero-order valence-corrected chi connectivity index (χ0v) is 17.4. The number of hydrogen-bond acceptors (Lipinski definition) is 2. The lowest BCUT2D eigenvalue weighted by atomic mass is 10.0. The van der Waals surface area contributed by atoms with Crippen LogP contribution in [0.3, 0.4) is 0 Å². The van der Waals surface area contributed by atoms with Crippen LogP contribution < -0.4 is 5.73 Å². The van der Waals surface area contributed by atoms with Gasteiger partial charge in [-0.15, -0.1) is 0 Å². The van der Waals surface area contributed by atoms with Crippen LogP contribution in [0.15, 0.2) is 46.6 Å². The van der Waals surface area contributed by atoms with E-state index >= 15 is 0 Å². The van der Waals surface area contributed by atoms with Crippen LogP contribution in [0.1, 0.15) is 86.0 Å². The maximum atomic E-state index is 10.9. The van der Waals surface area contributed by atoms with Crippen molar-refractivity contribution in [2.24, 2.45) is 5.73 Å². The zero-order chi connectivity index (χ0) is 19.9. The smallest absolute Gasteiger partial charge is 0.244 e. The van der Waals surface area contributed by atoms with Gasteiger partial charge in [0.25, 0.3) is 0 Å². The van der Waals surface area contributed by atoms with Crippen LogP contribution >= 0.6 is 0 Å². The van der Waals surface area contributed by atoms with Gasteiger partial charge in [0, 0.05) is 12.0 Å². The predicted molar refractivity (Wildman–Crippen MR) is 112 cm³/mol. The minimum absolute atomic E-state index is 0.257. The minimum atomic E-state index is -0.337. The van der Waals surface area contributed by atoms with Gasteiger partial charge in [0.2, 0.25) is 5.91 Å². The molecule has 146 valence electrons. The van der Waals surface area contributed by atoms with Crippen molar-refractivity contribution in [3.05, 3.63) is 46.6 Å². The van der Waals surface area contributed by atoms with E-state index < -0.39 is 0 Å². The molecule has 0 bridgehead atoms.